The number of carboxylic acid groups (broad SMARTS) is 1. The number of hydrogen-bond acceptors (Lipinski definition) is 5. The molecule has 25 heavy (non-hydrogen) atoms. The number of benzene rings is 1. The predicted molar refractivity (Wildman–Crippen MR) is 95.3 cm³/mol. The number of aliphatic imine (C=N–C) groups is 4. The van der Waals surface area contributed by atoms with Crippen LogP contribution in [-0.2, 0) is 0 Å². The average Bonchev–Trinajstić information content (AvgIpc) is 2.42. The standard InChI is InChI=1S/C11H18N12O2/c12-8(13)20-3-1-2(7(24)25)4(21-9(14)15)6(23-11(18)19)5(3)22-10(16)17/h1H,(H,24,25)(H4,12,13,20)(H4,14,15,21)(H4,16,17,22)(H4,18,19,23). The normalized spacial score (nSPS) is 9.60. The maximum Gasteiger partial charge on any atom is 0.338 e. The lowest BCUT2D eigenvalue weighted by atomic mass is 10.1. The summed E-state index contributed by atoms with van der Waals surface area (Å²) in [5.74, 6) is -3.11. The van der Waals surface area contributed by atoms with E-state index in [1.165, 1.54) is 0 Å². The minimum absolute atomic E-state index is 0.125. The van der Waals surface area contributed by atoms with Gasteiger partial charge in [0.1, 0.15) is 17.1 Å². The molecule has 0 atom stereocenters. The Labute approximate surface area is 141 Å². The Bertz CT molecular complexity index is 807. The van der Waals surface area contributed by atoms with Crippen molar-refractivity contribution >= 4 is 52.6 Å². The zero-order chi connectivity index (χ0) is 19.3. The molecule has 1 aromatic carbocycles. The van der Waals surface area contributed by atoms with E-state index in [4.69, 9.17) is 45.9 Å². The second kappa shape index (κ2) is 7.36. The molecule has 0 aromatic heterocycles. The van der Waals surface area contributed by atoms with E-state index in [0.29, 0.717) is 0 Å². The molecule has 134 valence electrons. The number of carbonyl (C=O) groups is 1. The lowest BCUT2D eigenvalue weighted by Crippen LogP contribution is -2.24. The van der Waals surface area contributed by atoms with Crippen molar-refractivity contribution in [3.8, 4) is 0 Å². The minimum Gasteiger partial charge on any atom is -0.478 e. The van der Waals surface area contributed by atoms with Gasteiger partial charge in [0.25, 0.3) is 0 Å². The molecule has 0 amide bonds. The van der Waals surface area contributed by atoms with Crippen molar-refractivity contribution in [3.63, 3.8) is 0 Å². The summed E-state index contributed by atoms with van der Waals surface area (Å²) in [5, 5.41) is 9.41. The highest BCUT2D eigenvalue weighted by Gasteiger charge is 2.22. The van der Waals surface area contributed by atoms with Gasteiger partial charge in [-0.3, -0.25) is 0 Å². The van der Waals surface area contributed by atoms with Crippen molar-refractivity contribution in [1.29, 1.82) is 0 Å². The van der Waals surface area contributed by atoms with Crippen LogP contribution >= 0.6 is 0 Å². The molecule has 0 fully saturated rings. The Morgan fingerprint density at radius 3 is 1.48 bits per heavy atom. The van der Waals surface area contributed by atoms with Gasteiger partial charge in [0, 0.05) is 0 Å². The van der Waals surface area contributed by atoms with E-state index in [1.807, 2.05) is 0 Å². The molecule has 0 saturated heterocycles. The summed E-state index contributed by atoms with van der Waals surface area (Å²) in [6, 6.07) is 1.05. The lowest BCUT2D eigenvalue weighted by Gasteiger charge is -2.12. The van der Waals surface area contributed by atoms with Gasteiger partial charge in [-0.1, -0.05) is 0 Å². The van der Waals surface area contributed by atoms with Gasteiger partial charge in [-0.2, -0.15) is 0 Å². The summed E-state index contributed by atoms with van der Waals surface area (Å²) in [7, 11) is 0. The van der Waals surface area contributed by atoms with E-state index >= 15 is 0 Å². The molecule has 17 N–H and O–H groups in total. The summed E-state index contributed by atoms with van der Waals surface area (Å²) in [6.07, 6.45) is 0. The van der Waals surface area contributed by atoms with Gasteiger partial charge in [-0.25, -0.2) is 24.8 Å². The Morgan fingerprint density at radius 1 is 0.680 bits per heavy atom. The molecular formula is C11H18N12O2. The van der Waals surface area contributed by atoms with E-state index in [1.54, 1.807) is 0 Å². The predicted octanol–water partition coefficient (Wildman–Crippen LogP) is -3.00. The van der Waals surface area contributed by atoms with Crippen LogP contribution in [-0.4, -0.2) is 34.9 Å². The van der Waals surface area contributed by atoms with E-state index in [2.05, 4.69) is 20.0 Å². The molecule has 0 aliphatic heterocycles. The van der Waals surface area contributed by atoms with E-state index < -0.39 is 35.4 Å². The van der Waals surface area contributed by atoms with Crippen LogP contribution < -0.4 is 45.9 Å². The average molecular weight is 350 g/mol. The first kappa shape index (κ1) is 18.8. The second-order valence-electron chi connectivity index (χ2n) is 4.44. The van der Waals surface area contributed by atoms with Crippen LogP contribution in [0.3, 0.4) is 0 Å². The van der Waals surface area contributed by atoms with Gasteiger partial charge in [0.2, 0.25) is 0 Å². The SMILES string of the molecule is NC(N)=Nc1cc(C(=O)O)c(N=C(N)N)c(N=C(N)N)c1N=C(N)N. The number of nitrogens with zero attached hydrogens (tertiary/aromatic N) is 4. The molecule has 1 rings (SSSR count). The van der Waals surface area contributed by atoms with Crippen molar-refractivity contribution in [3.05, 3.63) is 11.6 Å². The zero-order valence-corrected chi connectivity index (χ0v) is 12.8. The second-order valence-corrected chi connectivity index (χ2v) is 4.44. The first-order chi connectivity index (χ1) is 11.5. The maximum atomic E-state index is 11.6. The highest BCUT2D eigenvalue weighted by atomic mass is 16.4. The Kier molecular flexibility index (Phi) is 5.54. The summed E-state index contributed by atoms with van der Waals surface area (Å²) in [4.78, 5) is 26.7. The molecule has 0 bridgehead atoms. The van der Waals surface area contributed by atoms with Gasteiger partial charge in [-0.05, 0) is 6.07 Å². The minimum atomic E-state index is -1.41. The number of aromatic carboxylic acids is 1. The molecule has 0 aliphatic carbocycles. The van der Waals surface area contributed by atoms with Crippen LogP contribution in [0.15, 0.2) is 26.0 Å². The first-order valence-corrected chi connectivity index (χ1v) is 6.35. The third kappa shape index (κ3) is 4.88. The summed E-state index contributed by atoms with van der Waals surface area (Å²) >= 11 is 0. The van der Waals surface area contributed by atoms with E-state index in [9.17, 15) is 9.90 Å². The van der Waals surface area contributed by atoms with Crippen molar-refractivity contribution in [2.75, 3.05) is 0 Å². The van der Waals surface area contributed by atoms with Crippen LogP contribution in [0.5, 0.6) is 0 Å². The summed E-state index contributed by atoms with van der Waals surface area (Å²) < 4.78 is 0. The van der Waals surface area contributed by atoms with Crippen molar-refractivity contribution in [2.45, 2.75) is 0 Å². The van der Waals surface area contributed by atoms with Gasteiger partial charge in [0.15, 0.2) is 23.8 Å². The molecular weight excluding hydrogens is 332 g/mol. The molecule has 0 heterocycles. The number of carboxylic acids is 1. The summed E-state index contributed by atoms with van der Waals surface area (Å²) in [5.41, 5.74) is 41.6. The molecule has 14 heteroatoms. The highest BCUT2D eigenvalue weighted by Crippen LogP contribution is 2.47. The Balaban J connectivity index is 4.16. The molecule has 0 radical (unpaired) electrons. The number of guanidine groups is 4. The van der Waals surface area contributed by atoms with Crippen LogP contribution in [0.25, 0.3) is 0 Å². The van der Waals surface area contributed by atoms with Crippen LogP contribution in [0.4, 0.5) is 22.7 Å². The fourth-order valence-corrected chi connectivity index (χ4v) is 1.74. The van der Waals surface area contributed by atoms with Gasteiger partial charge in [-0.15, -0.1) is 0 Å². The summed E-state index contributed by atoms with van der Waals surface area (Å²) in [6.45, 7) is 0. The smallest absolute Gasteiger partial charge is 0.338 e. The van der Waals surface area contributed by atoms with Gasteiger partial charge >= 0.3 is 5.97 Å². The molecule has 0 saturated carbocycles. The molecule has 0 unspecified atom stereocenters. The third-order valence-electron chi connectivity index (χ3n) is 2.43. The Hall–Kier alpha value is -4.23. The molecule has 0 spiro atoms. The highest BCUT2D eigenvalue weighted by molar-refractivity contribution is 6.06. The van der Waals surface area contributed by atoms with Crippen LogP contribution in [0, 0.1) is 0 Å². The fourth-order valence-electron chi connectivity index (χ4n) is 1.74. The monoisotopic (exact) mass is 350 g/mol. The van der Waals surface area contributed by atoms with E-state index in [0.717, 1.165) is 6.07 Å². The van der Waals surface area contributed by atoms with Crippen LogP contribution in [0.2, 0.25) is 0 Å². The zero-order valence-electron chi connectivity index (χ0n) is 12.8. The largest absolute Gasteiger partial charge is 0.478 e. The fraction of sp³-hybridized carbons (Fsp3) is 0. The van der Waals surface area contributed by atoms with Crippen molar-refractivity contribution in [2.24, 2.45) is 65.8 Å². The molecule has 0 aliphatic rings. The number of nitrogens with two attached hydrogens (primary N) is 8. The quantitative estimate of drug-likeness (QED) is 0.191. The number of hydrogen-bond donors (Lipinski definition) is 9. The Morgan fingerprint density at radius 2 is 1.08 bits per heavy atom. The molecule has 1 aromatic rings. The number of rotatable bonds is 5. The van der Waals surface area contributed by atoms with Crippen molar-refractivity contribution < 1.29 is 9.90 Å². The topological polar surface area (TPSA) is 295 Å². The maximum absolute atomic E-state index is 11.6. The lowest BCUT2D eigenvalue weighted by molar-refractivity contribution is 0.0698. The van der Waals surface area contributed by atoms with Gasteiger partial charge < -0.3 is 51.0 Å². The first-order valence-electron chi connectivity index (χ1n) is 6.35. The van der Waals surface area contributed by atoms with Crippen LogP contribution in [0.1, 0.15) is 10.4 Å². The van der Waals surface area contributed by atoms with E-state index in [-0.39, 0.29) is 22.7 Å². The third-order valence-corrected chi connectivity index (χ3v) is 2.43. The van der Waals surface area contributed by atoms with Gasteiger partial charge in [0.05, 0.1) is 11.3 Å². The molecule has 14 nitrogen and oxygen atoms in total. The van der Waals surface area contributed by atoms with Crippen molar-refractivity contribution in [1.82, 2.24) is 0 Å².